The molecule has 1 amide bonds. The number of nitrogens with one attached hydrogen (secondary N) is 2. The number of aliphatic hydroxyl groups is 2. The summed E-state index contributed by atoms with van der Waals surface area (Å²) in [6.07, 6.45) is 5.66. The molecular formula is C16H22N6O3Se. The maximum absolute atomic E-state index is 12.0. The van der Waals surface area contributed by atoms with Crippen molar-refractivity contribution in [3.8, 4) is 0 Å². The van der Waals surface area contributed by atoms with Gasteiger partial charge in [0.05, 0.1) is 0 Å². The second-order valence-electron chi connectivity index (χ2n) is 6.71. The summed E-state index contributed by atoms with van der Waals surface area (Å²) in [6.45, 7) is 0. The number of rotatable bonds is 4. The van der Waals surface area contributed by atoms with Crippen LogP contribution in [-0.4, -0.2) is 75.9 Å². The zero-order valence-corrected chi connectivity index (χ0v) is 16.1. The first-order valence-electron chi connectivity index (χ1n) is 8.77. The van der Waals surface area contributed by atoms with Crippen LogP contribution in [0.25, 0.3) is 11.2 Å². The van der Waals surface area contributed by atoms with Gasteiger partial charge in [-0.1, -0.05) is 0 Å². The van der Waals surface area contributed by atoms with Crippen LogP contribution in [0.1, 0.15) is 30.6 Å². The molecule has 2 aliphatic rings. The molecule has 3 heterocycles. The van der Waals surface area contributed by atoms with E-state index in [1.807, 2.05) is 0 Å². The summed E-state index contributed by atoms with van der Waals surface area (Å²) in [5.74, 6) is 0.450. The molecule has 1 saturated heterocycles. The van der Waals surface area contributed by atoms with Gasteiger partial charge in [0.25, 0.3) is 0 Å². The van der Waals surface area contributed by atoms with Crippen LogP contribution >= 0.6 is 0 Å². The van der Waals surface area contributed by atoms with E-state index in [9.17, 15) is 15.0 Å². The molecule has 4 atom stereocenters. The Balaban J connectivity index is 1.64. The van der Waals surface area contributed by atoms with Crippen molar-refractivity contribution in [1.29, 1.82) is 0 Å². The Bertz CT molecular complexity index is 808. The van der Waals surface area contributed by atoms with Crippen molar-refractivity contribution in [2.24, 2.45) is 0 Å². The summed E-state index contributed by atoms with van der Waals surface area (Å²) in [6, 6.07) is 0.402. The number of aliphatic hydroxyl groups excluding tert-OH is 2. The Morgan fingerprint density at radius 3 is 2.73 bits per heavy atom. The molecule has 2 fully saturated rings. The molecule has 4 N–H and O–H groups in total. The number of aromatic nitrogens is 4. The van der Waals surface area contributed by atoms with Gasteiger partial charge in [0.1, 0.15) is 0 Å². The average molecular weight is 425 g/mol. The van der Waals surface area contributed by atoms with Gasteiger partial charge in [-0.3, -0.25) is 0 Å². The normalized spacial score (nSPS) is 29.3. The first-order chi connectivity index (χ1) is 12.6. The van der Waals surface area contributed by atoms with Gasteiger partial charge in [-0.15, -0.1) is 0 Å². The van der Waals surface area contributed by atoms with Crippen molar-refractivity contribution in [2.45, 2.75) is 53.7 Å². The van der Waals surface area contributed by atoms with Crippen LogP contribution in [0.5, 0.6) is 0 Å². The predicted octanol–water partition coefficient (Wildman–Crippen LogP) is -0.347. The first kappa shape index (κ1) is 17.7. The Morgan fingerprint density at radius 2 is 2.00 bits per heavy atom. The molecule has 0 bridgehead atoms. The number of amides is 1. The SMILES string of the molecule is CNC(=O)[C@H]1[Se][C@@H](n2cnc3c(NC4CCCC4)ncnc32)[C@H](O)[C@@H]1O. The molecule has 0 aromatic carbocycles. The summed E-state index contributed by atoms with van der Waals surface area (Å²) in [5, 5.41) is 26.8. The first-order valence-corrected chi connectivity index (χ1v) is 10.7. The number of carbonyl (C=O) groups excluding carboxylic acids is 1. The van der Waals surface area contributed by atoms with Gasteiger partial charge in [0, 0.05) is 0 Å². The van der Waals surface area contributed by atoms with Gasteiger partial charge in [0.15, 0.2) is 0 Å². The van der Waals surface area contributed by atoms with E-state index in [2.05, 4.69) is 25.6 Å². The number of fused-ring (bicyclic) bond motifs is 1. The van der Waals surface area contributed by atoms with Crippen LogP contribution in [0, 0.1) is 0 Å². The van der Waals surface area contributed by atoms with Gasteiger partial charge < -0.3 is 0 Å². The zero-order chi connectivity index (χ0) is 18.3. The van der Waals surface area contributed by atoms with Gasteiger partial charge in [-0.05, 0) is 0 Å². The van der Waals surface area contributed by atoms with E-state index in [1.54, 1.807) is 10.9 Å². The van der Waals surface area contributed by atoms with E-state index in [-0.39, 0.29) is 20.9 Å². The van der Waals surface area contributed by atoms with Gasteiger partial charge in [0.2, 0.25) is 0 Å². The van der Waals surface area contributed by atoms with Crippen molar-refractivity contribution in [1.82, 2.24) is 24.8 Å². The van der Waals surface area contributed by atoms with E-state index in [0.717, 1.165) is 12.8 Å². The van der Waals surface area contributed by atoms with Crippen LogP contribution in [-0.2, 0) is 4.79 Å². The van der Waals surface area contributed by atoms with Gasteiger partial charge in [-0.25, -0.2) is 0 Å². The van der Waals surface area contributed by atoms with Gasteiger partial charge >= 0.3 is 156 Å². The fraction of sp³-hybridized carbons (Fsp3) is 0.625. The van der Waals surface area contributed by atoms with Gasteiger partial charge in [-0.2, -0.15) is 0 Å². The van der Waals surface area contributed by atoms with E-state index in [1.165, 1.54) is 26.2 Å². The monoisotopic (exact) mass is 426 g/mol. The molecule has 26 heavy (non-hydrogen) atoms. The fourth-order valence-electron chi connectivity index (χ4n) is 3.66. The third-order valence-electron chi connectivity index (χ3n) is 5.07. The third-order valence-corrected chi connectivity index (χ3v) is 8.37. The van der Waals surface area contributed by atoms with Crippen LogP contribution in [0.3, 0.4) is 0 Å². The Hall–Kier alpha value is -1.74. The molecule has 1 aliphatic heterocycles. The number of imidazole rings is 1. The van der Waals surface area contributed by atoms with E-state index < -0.39 is 22.0 Å². The Morgan fingerprint density at radius 1 is 1.23 bits per heavy atom. The predicted molar refractivity (Wildman–Crippen MR) is 95.8 cm³/mol. The molecule has 10 heteroatoms. The topological polar surface area (TPSA) is 125 Å². The summed E-state index contributed by atoms with van der Waals surface area (Å²) in [4.78, 5) is 24.1. The summed E-state index contributed by atoms with van der Waals surface area (Å²) in [5.41, 5.74) is 1.26. The van der Waals surface area contributed by atoms with E-state index in [0.29, 0.717) is 23.0 Å². The molecule has 2 aromatic heterocycles. The van der Waals surface area contributed by atoms with Crippen LogP contribution in [0.15, 0.2) is 12.7 Å². The maximum atomic E-state index is 12.0. The van der Waals surface area contributed by atoms with Crippen LogP contribution in [0.4, 0.5) is 5.82 Å². The Kier molecular flexibility index (Phi) is 4.83. The molecule has 140 valence electrons. The molecule has 0 unspecified atom stereocenters. The van der Waals surface area contributed by atoms with Crippen molar-refractivity contribution in [3.05, 3.63) is 12.7 Å². The number of nitrogens with zero attached hydrogens (tertiary/aromatic N) is 4. The summed E-state index contributed by atoms with van der Waals surface area (Å²) < 4.78 is 1.77. The van der Waals surface area contributed by atoms with Crippen molar-refractivity contribution in [3.63, 3.8) is 0 Å². The second kappa shape index (κ2) is 7.11. The van der Waals surface area contributed by atoms with Crippen molar-refractivity contribution in [2.75, 3.05) is 12.4 Å². The molecule has 4 rings (SSSR count). The number of hydrogen-bond acceptors (Lipinski definition) is 7. The molecule has 1 aliphatic carbocycles. The van der Waals surface area contributed by atoms with Crippen LogP contribution in [0.2, 0.25) is 4.82 Å². The van der Waals surface area contributed by atoms with E-state index >= 15 is 0 Å². The Labute approximate surface area is 156 Å². The second-order valence-corrected chi connectivity index (χ2v) is 9.36. The summed E-state index contributed by atoms with van der Waals surface area (Å²) >= 11 is -0.337. The number of carbonyl (C=O) groups is 1. The molecule has 0 radical (unpaired) electrons. The quantitative estimate of drug-likeness (QED) is 0.494. The third kappa shape index (κ3) is 2.96. The average Bonchev–Trinajstić information content (AvgIpc) is 3.36. The molecule has 1 saturated carbocycles. The van der Waals surface area contributed by atoms with Crippen molar-refractivity contribution < 1.29 is 15.0 Å². The van der Waals surface area contributed by atoms with E-state index in [4.69, 9.17) is 0 Å². The minimum atomic E-state index is -1.09. The molecule has 0 spiro atoms. The molecule has 2 aromatic rings. The standard InChI is InChI=1S/C16H22N6O3Se/c1-17-15(25)12-10(23)11(24)16(26-12)22-7-20-9-13(18-6-19-14(9)22)21-8-4-2-3-5-8/h6-8,10-12,16,23-24H,2-5H2,1H3,(H,17,25)(H,18,19,21)/t10-,11+,12-,16+/m0/s1. The zero-order valence-electron chi connectivity index (χ0n) is 14.4. The summed E-state index contributed by atoms with van der Waals surface area (Å²) in [7, 11) is 1.53. The van der Waals surface area contributed by atoms with Crippen molar-refractivity contribution >= 4 is 37.8 Å². The van der Waals surface area contributed by atoms with Crippen LogP contribution < -0.4 is 10.6 Å². The fourth-order valence-corrected chi connectivity index (χ4v) is 6.74. The minimum absolute atomic E-state index is 0.248. The molecule has 9 nitrogen and oxygen atoms in total. The number of hydrogen-bond donors (Lipinski definition) is 4. The molecular weight excluding hydrogens is 403 g/mol. The number of anilines is 1.